The van der Waals surface area contributed by atoms with Gasteiger partial charge >= 0.3 is 0 Å². The van der Waals surface area contributed by atoms with Gasteiger partial charge in [0.05, 0.1) is 15.6 Å². The number of sulfone groups is 1. The molecule has 2 aromatic carbocycles. The highest BCUT2D eigenvalue weighted by atomic mass is 32.2. The summed E-state index contributed by atoms with van der Waals surface area (Å²) in [6.45, 7) is 3.81. The number of carbonyl (C=O) groups excluding carboxylic acids is 1. The van der Waals surface area contributed by atoms with E-state index >= 15 is 0 Å². The van der Waals surface area contributed by atoms with Crippen molar-refractivity contribution in [3.63, 3.8) is 0 Å². The van der Waals surface area contributed by atoms with Gasteiger partial charge in [-0.1, -0.05) is 18.2 Å². The molecule has 0 aliphatic carbocycles. The van der Waals surface area contributed by atoms with E-state index in [1.165, 1.54) is 23.9 Å². The van der Waals surface area contributed by atoms with E-state index in [1.54, 1.807) is 4.90 Å². The van der Waals surface area contributed by atoms with Gasteiger partial charge in [0.2, 0.25) is 5.91 Å². The number of aryl methyl sites for hydroxylation is 1. The Hall–Kier alpha value is -2.59. The van der Waals surface area contributed by atoms with Crippen molar-refractivity contribution in [3.05, 3.63) is 58.1 Å². The summed E-state index contributed by atoms with van der Waals surface area (Å²) in [4.78, 5) is 28.1. The van der Waals surface area contributed by atoms with Crippen molar-refractivity contribution < 1.29 is 18.1 Å². The zero-order valence-corrected chi connectivity index (χ0v) is 18.4. The molecule has 1 heterocycles. The number of hydrogen-bond donors (Lipinski definition) is 0. The quantitative estimate of drug-likeness (QED) is 0.380. The number of carbonyl (C=O) groups is 1. The summed E-state index contributed by atoms with van der Waals surface area (Å²) in [5, 5.41) is 11.5. The topological polar surface area (TPSA) is 101 Å². The summed E-state index contributed by atoms with van der Waals surface area (Å²) < 4.78 is 23.4. The smallest absolute Gasteiger partial charge is 0.293 e. The molecule has 0 atom stereocenters. The van der Waals surface area contributed by atoms with Gasteiger partial charge in [0.15, 0.2) is 9.84 Å². The molecule has 2 aromatic rings. The van der Waals surface area contributed by atoms with E-state index in [2.05, 4.69) is 0 Å². The van der Waals surface area contributed by atoms with Crippen LogP contribution in [0.15, 0.2) is 52.3 Å². The fourth-order valence-electron chi connectivity index (χ4n) is 3.29. The largest absolute Gasteiger partial charge is 0.362 e. The summed E-state index contributed by atoms with van der Waals surface area (Å²) in [6, 6.07) is 11.9. The van der Waals surface area contributed by atoms with Crippen LogP contribution >= 0.6 is 11.8 Å². The average molecular weight is 450 g/mol. The first-order valence-electron chi connectivity index (χ1n) is 9.36. The van der Waals surface area contributed by atoms with Gasteiger partial charge in [0.25, 0.3) is 5.69 Å². The predicted molar refractivity (Wildman–Crippen MR) is 117 cm³/mol. The van der Waals surface area contributed by atoms with Crippen molar-refractivity contribution in [3.8, 4) is 0 Å². The number of nitro groups is 1. The third-order valence-corrected chi connectivity index (χ3v) is 7.26. The minimum absolute atomic E-state index is 0.0322. The number of rotatable bonds is 6. The molecule has 1 fully saturated rings. The fraction of sp³-hybridized carbons (Fsp3) is 0.350. The lowest BCUT2D eigenvalue weighted by Gasteiger charge is -2.35. The zero-order valence-electron chi connectivity index (χ0n) is 16.8. The second-order valence-electron chi connectivity index (χ2n) is 7.10. The van der Waals surface area contributed by atoms with E-state index in [1.807, 2.05) is 36.1 Å². The van der Waals surface area contributed by atoms with E-state index in [9.17, 15) is 23.3 Å². The van der Waals surface area contributed by atoms with E-state index in [0.717, 1.165) is 22.8 Å². The lowest BCUT2D eigenvalue weighted by molar-refractivity contribution is -0.384. The molecule has 0 aromatic heterocycles. The highest BCUT2D eigenvalue weighted by molar-refractivity contribution is 8.00. The monoisotopic (exact) mass is 449 g/mol. The molecule has 1 aliphatic rings. The molecule has 0 saturated carbocycles. The molecule has 8 nitrogen and oxygen atoms in total. The van der Waals surface area contributed by atoms with Crippen LogP contribution in [0.1, 0.15) is 5.56 Å². The fourth-order valence-corrected chi connectivity index (χ4v) is 4.87. The Morgan fingerprint density at radius 1 is 1.13 bits per heavy atom. The molecule has 0 radical (unpaired) electrons. The minimum Gasteiger partial charge on any atom is -0.362 e. The molecular weight excluding hydrogens is 426 g/mol. The molecular formula is C20H23N3O5S2. The summed E-state index contributed by atoms with van der Waals surface area (Å²) in [6.07, 6.45) is 1.02. The second kappa shape index (κ2) is 9.05. The van der Waals surface area contributed by atoms with Crippen molar-refractivity contribution in [2.24, 2.45) is 0 Å². The van der Waals surface area contributed by atoms with E-state index in [0.29, 0.717) is 37.6 Å². The second-order valence-corrected chi connectivity index (χ2v) is 10.1. The van der Waals surface area contributed by atoms with Gasteiger partial charge in [-0.25, -0.2) is 8.42 Å². The van der Waals surface area contributed by atoms with Gasteiger partial charge < -0.3 is 9.80 Å². The number of nitrogens with zero attached hydrogens (tertiary/aromatic N) is 3. The third kappa shape index (κ3) is 5.11. The van der Waals surface area contributed by atoms with Gasteiger partial charge in [0, 0.05) is 43.4 Å². The van der Waals surface area contributed by atoms with Crippen molar-refractivity contribution in [1.82, 2.24) is 4.90 Å². The van der Waals surface area contributed by atoms with E-state index in [4.69, 9.17) is 0 Å². The molecule has 1 amide bonds. The van der Waals surface area contributed by atoms with Crippen molar-refractivity contribution in [1.29, 1.82) is 0 Å². The van der Waals surface area contributed by atoms with Crippen LogP contribution in [-0.2, 0) is 14.6 Å². The van der Waals surface area contributed by atoms with Crippen LogP contribution < -0.4 is 4.90 Å². The molecule has 1 aliphatic heterocycles. The summed E-state index contributed by atoms with van der Waals surface area (Å²) in [7, 11) is -3.54. The Bertz CT molecular complexity index is 1060. The number of amides is 1. The van der Waals surface area contributed by atoms with Crippen molar-refractivity contribution in [2.45, 2.75) is 16.7 Å². The highest BCUT2D eigenvalue weighted by Crippen LogP contribution is 2.31. The molecule has 30 heavy (non-hydrogen) atoms. The number of piperazine rings is 1. The Morgan fingerprint density at radius 2 is 1.80 bits per heavy atom. The maximum atomic E-state index is 12.6. The number of benzene rings is 2. The first-order chi connectivity index (χ1) is 14.2. The lowest BCUT2D eigenvalue weighted by atomic mass is 10.2. The SMILES string of the molecule is Cc1ccccc1SCC(=O)N1CCN(c2ccc(S(C)(=O)=O)cc2[N+](=O)[O-])CC1. The maximum absolute atomic E-state index is 12.6. The Morgan fingerprint density at radius 3 is 2.40 bits per heavy atom. The van der Waals surface area contributed by atoms with Gasteiger partial charge in [-0.3, -0.25) is 14.9 Å². The highest BCUT2D eigenvalue weighted by Gasteiger charge is 2.27. The van der Waals surface area contributed by atoms with Crippen molar-refractivity contribution in [2.75, 3.05) is 43.1 Å². The average Bonchev–Trinajstić information content (AvgIpc) is 2.72. The number of hydrogen-bond acceptors (Lipinski definition) is 7. The van der Waals surface area contributed by atoms with Crippen LogP contribution in [0.3, 0.4) is 0 Å². The molecule has 1 saturated heterocycles. The molecule has 0 unspecified atom stereocenters. The third-order valence-electron chi connectivity index (χ3n) is 4.99. The summed E-state index contributed by atoms with van der Waals surface area (Å²) >= 11 is 1.51. The molecule has 0 bridgehead atoms. The summed E-state index contributed by atoms with van der Waals surface area (Å²) in [5.74, 6) is 0.374. The van der Waals surface area contributed by atoms with Crippen LogP contribution in [0.2, 0.25) is 0 Å². The number of nitro benzene ring substituents is 1. The van der Waals surface area contributed by atoms with Gasteiger partial charge in [-0.05, 0) is 30.7 Å². The standard InChI is InChI=1S/C20H23N3O5S2/c1-15-5-3-4-6-19(15)29-14-20(24)22-11-9-21(10-12-22)17-8-7-16(30(2,27)28)13-18(17)23(25)26/h3-8,13H,9-12,14H2,1-2H3. The van der Waals surface area contributed by atoms with Gasteiger partial charge in [-0.15, -0.1) is 11.8 Å². The lowest BCUT2D eigenvalue weighted by Crippen LogP contribution is -2.49. The Labute approximate surface area is 179 Å². The first kappa shape index (κ1) is 22.1. The Balaban J connectivity index is 1.64. The molecule has 160 valence electrons. The molecule has 0 spiro atoms. The van der Waals surface area contributed by atoms with Gasteiger partial charge in [0.1, 0.15) is 5.69 Å². The molecule has 10 heteroatoms. The van der Waals surface area contributed by atoms with E-state index in [-0.39, 0.29) is 16.5 Å². The van der Waals surface area contributed by atoms with Crippen LogP contribution in [0.5, 0.6) is 0 Å². The molecule has 3 rings (SSSR count). The maximum Gasteiger partial charge on any atom is 0.293 e. The zero-order chi connectivity index (χ0) is 21.9. The van der Waals surface area contributed by atoms with Gasteiger partial charge in [-0.2, -0.15) is 0 Å². The van der Waals surface area contributed by atoms with Crippen LogP contribution in [0, 0.1) is 17.0 Å². The first-order valence-corrected chi connectivity index (χ1v) is 12.2. The van der Waals surface area contributed by atoms with E-state index < -0.39 is 14.8 Å². The summed E-state index contributed by atoms with van der Waals surface area (Å²) in [5.41, 5.74) is 1.26. The van der Waals surface area contributed by atoms with Crippen molar-refractivity contribution >= 4 is 38.9 Å². The number of thioether (sulfide) groups is 1. The number of anilines is 1. The Kier molecular flexibility index (Phi) is 6.67. The van der Waals surface area contributed by atoms with Crippen LogP contribution in [-0.4, -0.2) is 62.3 Å². The van der Waals surface area contributed by atoms with Crippen LogP contribution in [0.4, 0.5) is 11.4 Å². The minimum atomic E-state index is -3.54. The predicted octanol–water partition coefficient (Wildman–Crippen LogP) is 2.75. The van der Waals surface area contributed by atoms with Crippen LogP contribution in [0.25, 0.3) is 0 Å². The molecule has 0 N–H and O–H groups in total. The normalized spacial score (nSPS) is 14.6.